The maximum Gasteiger partial charge on any atom is 0.269 e. The summed E-state index contributed by atoms with van der Waals surface area (Å²) in [6, 6.07) is 9.77. The van der Waals surface area contributed by atoms with Crippen molar-refractivity contribution < 1.29 is 13.3 Å². The van der Waals surface area contributed by atoms with E-state index in [0.717, 1.165) is 17.7 Å². The topological polar surface area (TPSA) is 107 Å². The summed E-state index contributed by atoms with van der Waals surface area (Å²) in [5.41, 5.74) is 2.01. The molecular formula is C18H16Cl2N4O4S. The standard InChI is InChI=1S/C18H16Cl2N4O4S/c1-11-18(22-29(27,28)16-7-5-15(6-8-16)24(25)26)12(2)23(21-11)10-13-3-4-14(19)9-17(13)20/h3-9,22H,10H2,1-2H3. The third-order valence-electron chi connectivity index (χ3n) is 4.31. The molecule has 0 fully saturated rings. The lowest BCUT2D eigenvalue weighted by Crippen LogP contribution is -2.14. The highest BCUT2D eigenvalue weighted by Crippen LogP contribution is 2.27. The molecule has 152 valence electrons. The van der Waals surface area contributed by atoms with Crippen molar-refractivity contribution in [3.05, 3.63) is 79.6 Å². The van der Waals surface area contributed by atoms with Crippen molar-refractivity contribution >= 4 is 44.6 Å². The summed E-state index contributed by atoms with van der Waals surface area (Å²) < 4.78 is 29.5. The summed E-state index contributed by atoms with van der Waals surface area (Å²) in [4.78, 5) is 10.1. The summed E-state index contributed by atoms with van der Waals surface area (Å²) in [5.74, 6) is 0. The van der Waals surface area contributed by atoms with Gasteiger partial charge in [-0.1, -0.05) is 29.3 Å². The molecule has 2 aromatic carbocycles. The second-order valence-electron chi connectivity index (χ2n) is 6.30. The molecular weight excluding hydrogens is 439 g/mol. The van der Waals surface area contributed by atoms with E-state index in [2.05, 4.69) is 9.82 Å². The molecule has 0 bridgehead atoms. The Labute approximate surface area is 177 Å². The molecule has 0 aliphatic heterocycles. The monoisotopic (exact) mass is 454 g/mol. The van der Waals surface area contributed by atoms with Gasteiger partial charge in [-0.25, -0.2) is 8.42 Å². The number of aryl methyl sites for hydroxylation is 1. The molecule has 3 rings (SSSR count). The van der Waals surface area contributed by atoms with E-state index in [0.29, 0.717) is 33.7 Å². The third kappa shape index (κ3) is 4.52. The van der Waals surface area contributed by atoms with Crippen LogP contribution >= 0.6 is 23.2 Å². The molecule has 8 nitrogen and oxygen atoms in total. The van der Waals surface area contributed by atoms with Crippen LogP contribution in [0.3, 0.4) is 0 Å². The van der Waals surface area contributed by atoms with Gasteiger partial charge in [-0.3, -0.25) is 19.5 Å². The average Bonchev–Trinajstić information content (AvgIpc) is 2.91. The predicted molar refractivity (Wildman–Crippen MR) is 111 cm³/mol. The Morgan fingerprint density at radius 3 is 2.38 bits per heavy atom. The van der Waals surface area contributed by atoms with E-state index < -0.39 is 14.9 Å². The maximum absolute atomic E-state index is 12.7. The smallest absolute Gasteiger partial charge is 0.269 e. The van der Waals surface area contributed by atoms with Crippen molar-refractivity contribution in [3.63, 3.8) is 0 Å². The molecule has 0 aliphatic rings. The van der Waals surface area contributed by atoms with Gasteiger partial charge in [0.1, 0.15) is 0 Å². The number of non-ortho nitro benzene ring substituents is 1. The van der Waals surface area contributed by atoms with Gasteiger partial charge in [-0.05, 0) is 43.7 Å². The SMILES string of the molecule is Cc1nn(Cc2ccc(Cl)cc2Cl)c(C)c1NS(=O)(=O)c1ccc([N+](=O)[O-])cc1. The van der Waals surface area contributed by atoms with Gasteiger partial charge >= 0.3 is 0 Å². The van der Waals surface area contributed by atoms with E-state index in [9.17, 15) is 18.5 Å². The van der Waals surface area contributed by atoms with Gasteiger partial charge in [-0.2, -0.15) is 5.10 Å². The van der Waals surface area contributed by atoms with E-state index in [1.54, 1.807) is 36.7 Å². The second-order valence-corrected chi connectivity index (χ2v) is 8.82. The zero-order valence-corrected chi connectivity index (χ0v) is 17.7. The minimum absolute atomic E-state index is 0.0876. The molecule has 1 N–H and O–H groups in total. The quantitative estimate of drug-likeness (QED) is 0.433. The van der Waals surface area contributed by atoms with Crippen molar-refractivity contribution in [2.24, 2.45) is 0 Å². The second kappa shape index (κ2) is 8.02. The maximum atomic E-state index is 12.7. The van der Waals surface area contributed by atoms with Crippen molar-refractivity contribution in [1.29, 1.82) is 0 Å². The number of nitro benzene ring substituents is 1. The number of nitrogens with one attached hydrogen (secondary N) is 1. The summed E-state index contributed by atoms with van der Waals surface area (Å²) in [6.07, 6.45) is 0. The third-order valence-corrected chi connectivity index (χ3v) is 6.26. The fraction of sp³-hybridized carbons (Fsp3) is 0.167. The largest absolute Gasteiger partial charge is 0.276 e. The number of sulfonamides is 1. The zero-order valence-electron chi connectivity index (χ0n) is 15.4. The summed E-state index contributed by atoms with van der Waals surface area (Å²) in [6.45, 7) is 3.75. The predicted octanol–water partition coefficient (Wildman–Crippen LogP) is 4.56. The van der Waals surface area contributed by atoms with E-state index in [1.807, 2.05) is 0 Å². The average molecular weight is 455 g/mol. The van der Waals surface area contributed by atoms with E-state index >= 15 is 0 Å². The Balaban J connectivity index is 1.88. The molecule has 0 amide bonds. The van der Waals surface area contributed by atoms with Crippen LogP contribution in [0.5, 0.6) is 0 Å². The van der Waals surface area contributed by atoms with Gasteiger partial charge in [0, 0.05) is 22.2 Å². The van der Waals surface area contributed by atoms with Crippen LogP contribution in [0.1, 0.15) is 17.0 Å². The summed E-state index contributed by atoms with van der Waals surface area (Å²) >= 11 is 12.1. The van der Waals surface area contributed by atoms with Crippen molar-refractivity contribution in [2.45, 2.75) is 25.3 Å². The molecule has 11 heteroatoms. The molecule has 0 spiro atoms. The van der Waals surface area contributed by atoms with Crippen molar-refractivity contribution in [1.82, 2.24) is 9.78 Å². The molecule has 0 saturated carbocycles. The first-order valence-corrected chi connectivity index (χ1v) is 10.6. The van der Waals surface area contributed by atoms with Crippen LogP contribution in [-0.4, -0.2) is 23.1 Å². The molecule has 1 heterocycles. The molecule has 3 aromatic rings. The zero-order chi connectivity index (χ0) is 21.3. The lowest BCUT2D eigenvalue weighted by atomic mass is 10.2. The van der Waals surface area contributed by atoms with Crippen LogP contribution in [0, 0.1) is 24.0 Å². The molecule has 1 aromatic heterocycles. The number of anilines is 1. The van der Waals surface area contributed by atoms with Crippen molar-refractivity contribution in [2.75, 3.05) is 4.72 Å². The normalized spacial score (nSPS) is 11.4. The van der Waals surface area contributed by atoms with Crippen LogP contribution < -0.4 is 4.72 Å². The minimum Gasteiger partial charge on any atom is -0.276 e. The molecule has 0 saturated heterocycles. The Morgan fingerprint density at radius 2 is 1.79 bits per heavy atom. The van der Waals surface area contributed by atoms with Gasteiger partial charge in [0.15, 0.2) is 0 Å². The Bertz CT molecular complexity index is 1190. The first-order chi connectivity index (χ1) is 13.6. The van der Waals surface area contributed by atoms with Crippen LogP contribution in [0.4, 0.5) is 11.4 Å². The Hall–Kier alpha value is -2.62. The number of hydrogen-bond acceptors (Lipinski definition) is 5. The first kappa shape index (κ1) is 21.1. The molecule has 0 unspecified atom stereocenters. The highest BCUT2D eigenvalue weighted by molar-refractivity contribution is 7.92. The molecule has 0 radical (unpaired) electrons. The van der Waals surface area contributed by atoms with Crippen LogP contribution in [0.2, 0.25) is 10.0 Å². The lowest BCUT2D eigenvalue weighted by Gasteiger charge is -2.10. The Morgan fingerprint density at radius 1 is 1.14 bits per heavy atom. The lowest BCUT2D eigenvalue weighted by molar-refractivity contribution is -0.384. The van der Waals surface area contributed by atoms with Crippen LogP contribution in [0.15, 0.2) is 47.4 Å². The van der Waals surface area contributed by atoms with E-state index in [-0.39, 0.29) is 10.6 Å². The number of halogens is 2. The summed E-state index contributed by atoms with van der Waals surface area (Å²) in [5, 5.41) is 16.1. The van der Waals surface area contributed by atoms with Gasteiger partial charge in [-0.15, -0.1) is 0 Å². The fourth-order valence-corrected chi connectivity index (χ4v) is 4.39. The summed E-state index contributed by atoms with van der Waals surface area (Å²) in [7, 11) is -3.94. The van der Waals surface area contributed by atoms with E-state index in [4.69, 9.17) is 23.2 Å². The van der Waals surface area contributed by atoms with Gasteiger partial charge in [0.25, 0.3) is 15.7 Å². The number of hydrogen-bond donors (Lipinski definition) is 1. The molecule has 29 heavy (non-hydrogen) atoms. The first-order valence-electron chi connectivity index (χ1n) is 8.33. The van der Waals surface area contributed by atoms with E-state index in [1.165, 1.54) is 12.1 Å². The highest BCUT2D eigenvalue weighted by atomic mass is 35.5. The Kier molecular flexibility index (Phi) is 5.83. The molecule has 0 aliphatic carbocycles. The van der Waals surface area contributed by atoms with Crippen LogP contribution in [0.25, 0.3) is 0 Å². The fourth-order valence-electron chi connectivity index (χ4n) is 2.75. The van der Waals surface area contributed by atoms with Crippen LogP contribution in [-0.2, 0) is 16.6 Å². The number of aromatic nitrogens is 2. The van der Waals surface area contributed by atoms with Gasteiger partial charge < -0.3 is 0 Å². The number of rotatable bonds is 6. The van der Waals surface area contributed by atoms with Crippen molar-refractivity contribution in [3.8, 4) is 0 Å². The van der Waals surface area contributed by atoms with Gasteiger partial charge in [0.2, 0.25) is 0 Å². The minimum atomic E-state index is -3.94. The number of nitrogens with zero attached hydrogens (tertiary/aromatic N) is 3. The number of nitro groups is 1. The van der Waals surface area contributed by atoms with Gasteiger partial charge in [0.05, 0.1) is 33.4 Å². The highest BCUT2D eigenvalue weighted by Gasteiger charge is 2.21. The number of benzene rings is 2. The molecule has 0 atom stereocenters.